The first kappa shape index (κ1) is 9.70. The molecule has 1 rings (SSSR count). The van der Waals surface area contributed by atoms with Crippen molar-refractivity contribution in [3.05, 3.63) is 0 Å². The zero-order valence-electron chi connectivity index (χ0n) is 7.32. The molecule has 0 bridgehead atoms. The third-order valence-electron chi connectivity index (χ3n) is 2.17. The molecule has 0 aromatic rings. The van der Waals surface area contributed by atoms with Gasteiger partial charge in [0.05, 0.1) is 6.54 Å². The van der Waals surface area contributed by atoms with Gasteiger partial charge >= 0.3 is 5.97 Å². The van der Waals surface area contributed by atoms with Crippen LogP contribution in [-0.2, 0) is 14.4 Å². The molecular formula is C8H11NO4. The largest absolute Gasteiger partial charge is 0.481 e. The zero-order valence-corrected chi connectivity index (χ0v) is 7.32. The molecule has 1 amide bonds. The maximum absolute atomic E-state index is 11.2. The minimum absolute atomic E-state index is 0.0632. The van der Waals surface area contributed by atoms with Gasteiger partial charge in [0.2, 0.25) is 5.91 Å². The van der Waals surface area contributed by atoms with Crippen LogP contribution in [0, 0.1) is 5.92 Å². The van der Waals surface area contributed by atoms with Crippen molar-refractivity contribution in [1.82, 2.24) is 4.90 Å². The molecule has 72 valence electrons. The van der Waals surface area contributed by atoms with Crippen molar-refractivity contribution in [3.63, 3.8) is 0 Å². The first-order valence-corrected chi connectivity index (χ1v) is 4.03. The van der Waals surface area contributed by atoms with E-state index in [1.54, 1.807) is 0 Å². The highest BCUT2D eigenvalue weighted by Crippen LogP contribution is 2.13. The van der Waals surface area contributed by atoms with E-state index in [9.17, 15) is 14.4 Å². The van der Waals surface area contributed by atoms with Crippen LogP contribution in [0.2, 0.25) is 0 Å². The predicted molar refractivity (Wildman–Crippen MR) is 43.0 cm³/mol. The van der Waals surface area contributed by atoms with Crippen LogP contribution in [0.5, 0.6) is 0 Å². The summed E-state index contributed by atoms with van der Waals surface area (Å²) in [5.74, 6) is -2.57. The highest BCUT2D eigenvalue weighted by Gasteiger charge is 2.32. The van der Waals surface area contributed by atoms with Crippen molar-refractivity contribution in [2.24, 2.45) is 5.92 Å². The molecule has 0 aliphatic carbocycles. The normalized spacial score (nSPS) is 23.0. The number of rotatable bonds is 1. The molecule has 0 spiro atoms. The molecule has 1 N–H and O–H groups in total. The number of carboxylic acid groups (broad SMARTS) is 1. The Balaban J connectivity index is 2.62. The van der Waals surface area contributed by atoms with E-state index in [1.807, 2.05) is 0 Å². The first-order valence-electron chi connectivity index (χ1n) is 4.03. The summed E-state index contributed by atoms with van der Waals surface area (Å²) < 4.78 is 0. The summed E-state index contributed by atoms with van der Waals surface area (Å²) in [6.45, 7) is 1.67. The molecule has 0 aromatic heterocycles. The second-order valence-electron chi connectivity index (χ2n) is 3.09. The fraction of sp³-hybridized carbons (Fsp3) is 0.625. The van der Waals surface area contributed by atoms with Crippen molar-refractivity contribution in [2.45, 2.75) is 13.3 Å². The van der Waals surface area contributed by atoms with Gasteiger partial charge in [-0.15, -0.1) is 0 Å². The average Bonchev–Trinajstić information content (AvgIpc) is 2.03. The topological polar surface area (TPSA) is 74.7 Å². The van der Waals surface area contributed by atoms with E-state index < -0.39 is 11.9 Å². The van der Waals surface area contributed by atoms with Crippen molar-refractivity contribution < 1.29 is 19.5 Å². The SMILES string of the molecule is CC(=O)N1CCC(C(=O)O)C(=O)C1. The van der Waals surface area contributed by atoms with Crippen molar-refractivity contribution in [1.29, 1.82) is 0 Å². The molecule has 5 nitrogen and oxygen atoms in total. The third kappa shape index (κ3) is 2.05. The Morgan fingerprint density at radius 3 is 2.54 bits per heavy atom. The summed E-state index contributed by atoms with van der Waals surface area (Å²) in [6.07, 6.45) is 0.230. The van der Waals surface area contributed by atoms with Gasteiger partial charge in [0, 0.05) is 13.5 Å². The first-order chi connectivity index (χ1) is 6.02. The maximum atomic E-state index is 11.2. The fourth-order valence-corrected chi connectivity index (χ4v) is 1.35. The predicted octanol–water partition coefficient (Wildman–Crippen LogP) is -0.491. The number of Topliss-reactive ketones (excluding diaryl/α,β-unsaturated/α-hetero) is 1. The summed E-state index contributed by atoms with van der Waals surface area (Å²) in [5.41, 5.74) is 0. The van der Waals surface area contributed by atoms with Crippen LogP contribution < -0.4 is 0 Å². The van der Waals surface area contributed by atoms with E-state index in [4.69, 9.17) is 5.11 Å². The Kier molecular flexibility index (Phi) is 2.65. The standard InChI is InChI=1S/C8H11NO4/c1-5(10)9-3-2-6(8(12)13)7(11)4-9/h6H,2-4H2,1H3,(H,12,13). The molecule has 1 atom stereocenters. The van der Waals surface area contributed by atoms with Gasteiger partial charge in [0.15, 0.2) is 5.78 Å². The van der Waals surface area contributed by atoms with Gasteiger partial charge < -0.3 is 10.0 Å². The number of ketones is 1. The lowest BCUT2D eigenvalue weighted by Crippen LogP contribution is -2.45. The number of aliphatic carboxylic acids is 1. The van der Waals surface area contributed by atoms with Gasteiger partial charge in [-0.2, -0.15) is 0 Å². The van der Waals surface area contributed by atoms with Gasteiger partial charge in [0.1, 0.15) is 5.92 Å². The van der Waals surface area contributed by atoms with E-state index in [1.165, 1.54) is 11.8 Å². The summed E-state index contributed by atoms with van der Waals surface area (Å²) in [6, 6.07) is 0. The fourth-order valence-electron chi connectivity index (χ4n) is 1.35. The molecule has 1 aliphatic rings. The molecule has 0 radical (unpaired) electrons. The Labute approximate surface area is 75.3 Å². The molecule has 0 aromatic carbocycles. The van der Waals surface area contributed by atoms with Crippen LogP contribution >= 0.6 is 0 Å². The van der Waals surface area contributed by atoms with Crippen LogP contribution in [-0.4, -0.2) is 40.8 Å². The van der Waals surface area contributed by atoms with Crippen LogP contribution in [0.15, 0.2) is 0 Å². The lowest BCUT2D eigenvalue weighted by Gasteiger charge is -2.27. The van der Waals surface area contributed by atoms with Crippen molar-refractivity contribution in [2.75, 3.05) is 13.1 Å². The minimum Gasteiger partial charge on any atom is -0.481 e. The number of nitrogens with zero attached hydrogens (tertiary/aromatic N) is 1. The molecule has 1 fully saturated rings. The number of hydrogen-bond donors (Lipinski definition) is 1. The molecule has 5 heteroatoms. The van der Waals surface area contributed by atoms with Crippen molar-refractivity contribution in [3.8, 4) is 0 Å². The third-order valence-corrected chi connectivity index (χ3v) is 2.17. The summed E-state index contributed by atoms with van der Waals surface area (Å²) in [5, 5.41) is 8.61. The van der Waals surface area contributed by atoms with Crippen molar-refractivity contribution >= 4 is 17.7 Å². The number of piperidine rings is 1. The van der Waals surface area contributed by atoms with Gasteiger partial charge in [-0.25, -0.2) is 0 Å². The highest BCUT2D eigenvalue weighted by atomic mass is 16.4. The molecule has 1 unspecified atom stereocenters. The molecule has 1 aliphatic heterocycles. The number of likely N-dealkylation sites (tertiary alicyclic amines) is 1. The Morgan fingerprint density at radius 2 is 2.15 bits per heavy atom. The molecule has 13 heavy (non-hydrogen) atoms. The van der Waals surface area contributed by atoms with E-state index in [0.717, 1.165) is 0 Å². The number of amides is 1. The highest BCUT2D eigenvalue weighted by molar-refractivity contribution is 6.01. The summed E-state index contributed by atoms with van der Waals surface area (Å²) in [7, 11) is 0. The second-order valence-corrected chi connectivity index (χ2v) is 3.09. The Hall–Kier alpha value is -1.39. The van der Waals surface area contributed by atoms with Gasteiger partial charge in [-0.1, -0.05) is 0 Å². The van der Waals surface area contributed by atoms with Gasteiger partial charge in [-0.3, -0.25) is 14.4 Å². The van der Waals surface area contributed by atoms with E-state index in [-0.39, 0.29) is 24.7 Å². The zero-order chi connectivity index (χ0) is 10.0. The van der Waals surface area contributed by atoms with E-state index in [2.05, 4.69) is 0 Å². The van der Waals surface area contributed by atoms with E-state index >= 15 is 0 Å². The molecule has 1 heterocycles. The number of carbonyl (C=O) groups excluding carboxylic acids is 2. The Morgan fingerprint density at radius 1 is 1.54 bits per heavy atom. The van der Waals surface area contributed by atoms with Crippen LogP contribution in [0.3, 0.4) is 0 Å². The Bertz CT molecular complexity index is 261. The smallest absolute Gasteiger partial charge is 0.314 e. The van der Waals surface area contributed by atoms with Crippen LogP contribution in [0.4, 0.5) is 0 Å². The number of carboxylic acids is 1. The molecular weight excluding hydrogens is 174 g/mol. The van der Waals surface area contributed by atoms with E-state index in [0.29, 0.717) is 6.54 Å². The monoisotopic (exact) mass is 185 g/mol. The van der Waals surface area contributed by atoms with Gasteiger partial charge in [-0.05, 0) is 6.42 Å². The summed E-state index contributed by atoms with van der Waals surface area (Å²) >= 11 is 0. The van der Waals surface area contributed by atoms with Crippen LogP contribution in [0.1, 0.15) is 13.3 Å². The quantitative estimate of drug-likeness (QED) is 0.559. The molecule has 1 saturated heterocycles. The maximum Gasteiger partial charge on any atom is 0.314 e. The lowest BCUT2D eigenvalue weighted by atomic mass is 9.96. The lowest BCUT2D eigenvalue weighted by molar-refractivity contribution is -0.151. The van der Waals surface area contributed by atoms with Gasteiger partial charge in [0.25, 0.3) is 0 Å². The number of carbonyl (C=O) groups is 3. The average molecular weight is 185 g/mol. The molecule has 0 saturated carbocycles. The summed E-state index contributed by atoms with van der Waals surface area (Å²) in [4.78, 5) is 33.9. The second kappa shape index (κ2) is 3.55. The van der Waals surface area contributed by atoms with Crippen LogP contribution in [0.25, 0.3) is 0 Å². The number of hydrogen-bond acceptors (Lipinski definition) is 3. The minimum atomic E-state index is -1.09.